The summed E-state index contributed by atoms with van der Waals surface area (Å²) in [6, 6.07) is 5.51. The fourth-order valence-corrected chi connectivity index (χ4v) is 2.14. The molecular formula is C12H11NO2. The molecule has 3 rings (SSSR count). The highest BCUT2D eigenvalue weighted by molar-refractivity contribution is 5.55. The lowest BCUT2D eigenvalue weighted by Crippen LogP contribution is -2.37. The highest BCUT2D eigenvalue weighted by Gasteiger charge is 2.56. The average Bonchev–Trinajstić information content (AvgIpc) is 2.97. The Morgan fingerprint density at radius 1 is 1.40 bits per heavy atom. The zero-order chi connectivity index (χ0) is 10.6. The van der Waals surface area contributed by atoms with Crippen molar-refractivity contribution in [3.05, 3.63) is 35.2 Å². The second-order valence-electron chi connectivity index (χ2n) is 4.52. The van der Waals surface area contributed by atoms with Gasteiger partial charge in [-0.3, -0.25) is 0 Å². The summed E-state index contributed by atoms with van der Waals surface area (Å²) in [6.45, 7) is 11.0. The summed E-state index contributed by atoms with van der Waals surface area (Å²) in [7, 11) is 0. The van der Waals surface area contributed by atoms with E-state index in [0.717, 1.165) is 11.3 Å². The molecule has 1 fully saturated rings. The number of benzene rings is 1. The summed E-state index contributed by atoms with van der Waals surface area (Å²) in [6.07, 6.45) is 0.274. The van der Waals surface area contributed by atoms with Crippen LogP contribution in [0.1, 0.15) is 25.5 Å². The van der Waals surface area contributed by atoms with Gasteiger partial charge >= 0.3 is 0 Å². The number of hydrogen-bond acceptors (Lipinski definition) is 2. The van der Waals surface area contributed by atoms with Gasteiger partial charge in [-0.1, -0.05) is 6.07 Å². The predicted molar refractivity (Wildman–Crippen MR) is 55.0 cm³/mol. The molecule has 15 heavy (non-hydrogen) atoms. The molecule has 0 radical (unpaired) electrons. The quantitative estimate of drug-likeness (QED) is 0.476. The fourth-order valence-electron chi connectivity index (χ4n) is 2.14. The van der Waals surface area contributed by atoms with Crippen LogP contribution >= 0.6 is 0 Å². The number of rotatable bonds is 0. The summed E-state index contributed by atoms with van der Waals surface area (Å²) in [5.74, 6) is 0.853. The van der Waals surface area contributed by atoms with Gasteiger partial charge in [-0.25, -0.2) is 4.85 Å². The smallest absolute Gasteiger partial charge is 0.187 e. The summed E-state index contributed by atoms with van der Waals surface area (Å²) in [5.41, 5.74) is 1.41. The minimum absolute atomic E-state index is 0.130. The van der Waals surface area contributed by atoms with E-state index in [1.807, 2.05) is 26.0 Å². The van der Waals surface area contributed by atoms with Crippen LogP contribution in [-0.4, -0.2) is 11.7 Å². The van der Waals surface area contributed by atoms with Gasteiger partial charge in [0.25, 0.3) is 0 Å². The monoisotopic (exact) mass is 201 g/mol. The molecule has 3 nitrogen and oxygen atoms in total. The molecule has 0 unspecified atom stereocenters. The molecular weight excluding hydrogens is 190 g/mol. The molecule has 1 aromatic rings. The molecule has 1 aromatic carbocycles. The zero-order valence-electron chi connectivity index (χ0n) is 8.65. The minimum atomic E-state index is -0.253. The summed E-state index contributed by atoms with van der Waals surface area (Å²) < 4.78 is 11.4. The molecule has 0 N–H and O–H groups in total. The fraction of sp³-hybridized carbons (Fsp3) is 0.417. The van der Waals surface area contributed by atoms with Crippen LogP contribution in [0, 0.1) is 6.57 Å². The molecule has 0 aromatic heterocycles. The molecule has 0 saturated carbocycles. The first-order valence-corrected chi connectivity index (χ1v) is 4.98. The second-order valence-corrected chi connectivity index (χ2v) is 4.52. The number of nitrogens with zero attached hydrogens (tertiary/aromatic N) is 1. The Labute approximate surface area is 88.4 Å². The maximum atomic E-state index is 6.96. The minimum Gasteiger partial charge on any atom is -0.485 e. The average molecular weight is 201 g/mol. The number of epoxide rings is 1. The third-order valence-corrected chi connectivity index (χ3v) is 2.98. The van der Waals surface area contributed by atoms with Crippen molar-refractivity contribution in [2.24, 2.45) is 0 Å². The van der Waals surface area contributed by atoms with Crippen molar-refractivity contribution >= 4 is 5.69 Å². The lowest BCUT2D eigenvalue weighted by atomic mass is 9.94. The maximum absolute atomic E-state index is 6.96. The Morgan fingerprint density at radius 3 is 2.93 bits per heavy atom. The summed E-state index contributed by atoms with van der Waals surface area (Å²) in [4.78, 5) is 3.41. The first-order valence-electron chi connectivity index (χ1n) is 4.98. The molecule has 2 atom stereocenters. The van der Waals surface area contributed by atoms with Gasteiger partial charge in [0.15, 0.2) is 5.69 Å². The van der Waals surface area contributed by atoms with Gasteiger partial charge in [-0.15, -0.1) is 0 Å². The van der Waals surface area contributed by atoms with E-state index in [0.29, 0.717) is 5.69 Å². The van der Waals surface area contributed by atoms with Crippen LogP contribution in [0.2, 0.25) is 0 Å². The standard InChI is InChI=1S/C12H11NO2/c1-12(2)11-10(14-11)8-6-7(13-3)4-5-9(8)15-12/h4-6,10-11H,1-2H3/t10-,11-/m0/s1. The largest absolute Gasteiger partial charge is 0.485 e. The predicted octanol–water partition coefficient (Wildman–Crippen LogP) is 2.85. The number of fused-ring (bicyclic) bond motifs is 3. The Balaban J connectivity index is 2.10. The van der Waals surface area contributed by atoms with Crippen LogP contribution in [0.15, 0.2) is 18.2 Å². The van der Waals surface area contributed by atoms with Crippen LogP contribution < -0.4 is 4.74 Å². The lowest BCUT2D eigenvalue weighted by Gasteiger charge is -2.29. The molecule has 2 heterocycles. The first kappa shape index (κ1) is 8.75. The third-order valence-electron chi connectivity index (χ3n) is 2.98. The van der Waals surface area contributed by atoms with Gasteiger partial charge < -0.3 is 9.47 Å². The number of ether oxygens (including phenoxy) is 2. The number of hydrogen-bond donors (Lipinski definition) is 0. The van der Waals surface area contributed by atoms with Gasteiger partial charge in [0.1, 0.15) is 23.6 Å². The van der Waals surface area contributed by atoms with E-state index >= 15 is 0 Å². The van der Waals surface area contributed by atoms with E-state index in [1.165, 1.54) is 0 Å². The van der Waals surface area contributed by atoms with Crippen molar-refractivity contribution in [3.8, 4) is 5.75 Å². The molecule has 0 aliphatic carbocycles. The van der Waals surface area contributed by atoms with Gasteiger partial charge in [0, 0.05) is 5.56 Å². The zero-order valence-corrected chi connectivity index (χ0v) is 8.65. The summed E-state index contributed by atoms with van der Waals surface area (Å²) in [5, 5.41) is 0. The van der Waals surface area contributed by atoms with Crippen LogP contribution in [0.4, 0.5) is 5.69 Å². The lowest BCUT2D eigenvalue weighted by molar-refractivity contribution is 0.0725. The van der Waals surface area contributed by atoms with E-state index < -0.39 is 0 Å². The molecule has 0 bridgehead atoms. The van der Waals surface area contributed by atoms with Gasteiger partial charge in [-0.05, 0) is 26.0 Å². The van der Waals surface area contributed by atoms with Crippen LogP contribution in [0.5, 0.6) is 5.75 Å². The maximum Gasteiger partial charge on any atom is 0.187 e. The van der Waals surface area contributed by atoms with E-state index in [2.05, 4.69) is 4.85 Å². The molecule has 76 valence electrons. The molecule has 2 aliphatic heterocycles. The van der Waals surface area contributed by atoms with Gasteiger partial charge in [0.05, 0.1) is 6.57 Å². The van der Waals surface area contributed by atoms with Crippen molar-refractivity contribution in [1.82, 2.24) is 0 Å². The normalized spacial score (nSPS) is 29.4. The van der Waals surface area contributed by atoms with Crippen molar-refractivity contribution in [2.45, 2.75) is 31.7 Å². The Hall–Kier alpha value is -1.53. The third kappa shape index (κ3) is 1.15. The Bertz CT molecular complexity index is 473. The molecule has 3 heteroatoms. The van der Waals surface area contributed by atoms with E-state index in [-0.39, 0.29) is 17.8 Å². The molecule has 1 saturated heterocycles. The van der Waals surface area contributed by atoms with Crippen LogP contribution in [0.3, 0.4) is 0 Å². The SMILES string of the molecule is [C-]#[N+]c1ccc2c(c1)[C@@H]1O[C@@H]1C(C)(C)O2. The van der Waals surface area contributed by atoms with Gasteiger partial charge in [0.2, 0.25) is 0 Å². The second kappa shape index (κ2) is 2.53. The van der Waals surface area contributed by atoms with Crippen LogP contribution in [-0.2, 0) is 4.74 Å². The van der Waals surface area contributed by atoms with Crippen molar-refractivity contribution < 1.29 is 9.47 Å². The summed E-state index contributed by atoms with van der Waals surface area (Å²) >= 11 is 0. The molecule has 2 aliphatic rings. The van der Waals surface area contributed by atoms with E-state index in [1.54, 1.807) is 6.07 Å². The topological polar surface area (TPSA) is 26.1 Å². The van der Waals surface area contributed by atoms with Gasteiger partial charge in [-0.2, -0.15) is 0 Å². The Kier molecular flexibility index (Phi) is 1.48. The highest BCUT2D eigenvalue weighted by atomic mass is 16.6. The highest BCUT2D eigenvalue weighted by Crippen LogP contribution is 2.54. The van der Waals surface area contributed by atoms with Crippen molar-refractivity contribution in [1.29, 1.82) is 0 Å². The Morgan fingerprint density at radius 2 is 2.20 bits per heavy atom. The first-order chi connectivity index (χ1) is 7.12. The van der Waals surface area contributed by atoms with Crippen molar-refractivity contribution in [2.75, 3.05) is 0 Å². The van der Waals surface area contributed by atoms with E-state index in [9.17, 15) is 0 Å². The van der Waals surface area contributed by atoms with Crippen LogP contribution in [0.25, 0.3) is 4.85 Å². The molecule has 0 amide bonds. The molecule has 0 spiro atoms. The van der Waals surface area contributed by atoms with Crippen molar-refractivity contribution in [3.63, 3.8) is 0 Å². The van der Waals surface area contributed by atoms with E-state index in [4.69, 9.17) is 16.0 Å².